The molecule has 8 nitrogen and oxygen atoms in total. The van der Waals surface area contributed by atoms with E-state index in [-0.39, 0.29) is 10.8 Å². The first-order valence-corrected chi connectivity index (χ1v) is 12.6. The van der Waals surface area contributed by atoms with E-state index in [1.807, 2.05) is 12.1 Å². The van der Waals surface area contributed by atoms with Crippen molar-refractivity contribution in [1.82, 2.24) is 4.31 Å². The van der Waals surface area contributed by atoms with E-state index in [4.69, 9.17) is 16.3 Å². The third-order valence-electron chi connectivity index (χ3n) is 5.57. The second-order valence-electron chi connectivity index (χ2n) is 8.26. The largest absolute Gasteiger partial charge is 0.479 e. The van der Waals surface area contributed by atoms with E-state index in [1.54, 1.807) is 42.2 Å². The monoisotopic (exact) mass is 513 g/mol. The van der Waals surface area contributed by atoms with Crippen LogP contribution in [-0.2, 0) is 21.4 Å². The van der Waals surface area contributed by atoms with Gasteiger partial charge in [0.05, 0.1) is 17.1 Å². The summed E-state index contributed by atoms with van der Waals surface area (Å²) < 4.78 is 31.3. The van der Waals surface area contributed by atoms with Crippen LogP contribution in [0.5, 0.6) is 5.75 Å². The highest BCUT2D eigenvalue weighted by Crippen LogP contribution is 2.37. The Balaban J connectivity index is 1.57. The molecule has 1 heterocycles. The summed E-state index contributed by atoms with van der Waals surface area (Å²) in [7, 11) is -0.706. The number of rotatable bonds is 6. The molecule has 1 atom stereocenters. The van der Waals surface area contributed by atoms with Gasteiger partial charge >= 0.3 is 0 Å². The molecule has 1 aliphatic heterocycles. The summed E-state index contributed by atoms with van der Waals surface area (Å²) in [6.45, 7) is 2.01. The van der Waals surface area contributed by atoms with Crippen molar-refractivity contribution in [3.05, 3.63) is 82.9 Å². The van der Waals surface area contributed by atoms with Crippen molar-refractivity contribution < 1.29 is 22.7 Å². The minimum atomic E-state index is -3.59. The van der Waals surface area contributed by atoms with Crippen molar-refractivity contribution in [2.24, 2.45) is 0 Å². The Morgan fingerprint density at radius 2 is 1.71 bits per heavy atom. The number of halogens is 1. The molecular formula is C25H24ClN3O5S. The molecule has 0 saturated heterocycles. The Morgan fingerprint density at radius 1 is 1.06 bits per heavy atom. The average molecular weight is 514 g/mol. The Bertz CT molecular complexity index is 1370. The van der Waals surface area contributed by atoms with Gasteiger partial charge in [-0.15, -0.1) is 0 Å². The molecular weight excluding hydrogens is 490 g/mol. The number of fused-ring (bicyclic) bond motifs is 1. The van der Waals surface area contributed by atoms with Gasteiger partial charge in [0.15, 0.2) is 6.10 Å². The SMILES string of the molecule is CC1Oc2ccc(NC(=O)c3ccc(S(=O)(=O)N(C)C)cc3)cc2N(Cc2ccc(Cl)cc2)C1=O. The van der Waals surface area contributed by atoms with Crippen LogP contribution in [0.25, 0.3) is 0 Å². The number of amides is 2. The fourth-order valence-corrected chi connectivity index (χ4v) is 4.64. The summed E-state index contributed by atoms with van der Waals surface area (Å²) in [6.07, 6.45) is -0.646. The van der Waals surface area contributed by atoms with Gasteiger partial charge in [0, 0.05) is 30.4 Å². The van der Waals surface area contributed by atoms with Crippen molar-refractivity contribution in [3.63, 3.8) is 0 Å². The van der Waals surface area contributed by atoms with Crippen molar-refractivity contribution >= 4 is 44.8 Å². The van der Waals surface area contributed by atoms with Crippen LogP contribution in [0.4, 0.5) is 11.4 Å². The molecule has 0 aliphatic carbocycles. The molecule has 182 valence electrons. The van der Waals surface area contributed by atoms with Crippen LogP contribution in [0, 0.1) is 0 Å². The zero-order chi connectivity index (χ0) is 25.3. The van der Waals surface area contributed by atoms with Gasteiger partial charge in [-0.25, -0.2) is 12.7 Å². The zero-order valence-corrected chi connectivity index (χ0v) is 20.9. The lowest BCUT2D eigenvalue weighted by Crippen LogP contribution is -2.44. The summed E-state index contributed by atoms with van der Waals surface area (Å²) in [4.78, 5) is 27.4. The number of hydrogen-bond acceptors (Lipinski definition) is 5. The molecule has 4 rings (SSSR count). The van der Waals surface area contributed by atoms with Gasteiger partial charge in [-0.3, -0.25) is 9.59 Å². The lowest BCUT2D eigenvalue weighted by Gasteiger charge is -2.33. The van der Waals surface area contributed by atoms with Gasteiger partial charge in [-0.05, 0) is 67.1 Å². The highest BCUT2D eigenvalue weighted by Gasteiger charge is 2.32. The number of benzene rings is 3. The first-order chi connectivity index (χ1) is 16.6. The van der Waals surface area contributed by atoms with Crippen LogP contribution in [0.3, 0.4) is 0 Å². The fourth-order valence-electron chi connectivity index (χ4n) is 3.61. The van der Waals surface area contributed by atoms with E-state index in [1.165, 1.54) is 38.4 Å². The second kappa shape index (κ2) is 9.69. The van der Waals surface area contributed by atoms with E-state index >= 15 is 0 Å². The summed E-state index contributed by atoms with van der Waals surface area (Å²) in [5.41, 5.74) is 2.18. The Labute approximate surface area is 209 Å². The number of nitrogens with zero attached hydrogens (tertiary/aromatic N) is 2. The summed E-state index contributed by atoms with van der Waals surface area (Å²) >= 11 is 5.98. The maximum atomic E-state index is 12.9. The molecule has 35 heavy (non-hydrogen) atoms. The van der Waals surface area contributed by atoms with E-state index in [0.29, 0.717) is 34.3 Å². The van der Waals surface area contributed by atoms with Gasteiger partial charge in [-0.1, -0.05) is 23.7 Å². The molecule has 3 aromatic carbocycles. The lowest BCUT2D eigenvalue weighted by molar-refractivity contribution is -0.125. The van der Waals surface area contributed by atoms with Crippen molar-refractivity contribution in [3.8, 4) is 5.75 Å². The molecule has 2 amide bonds. The average Bonchev–Trinajstić information content (AvgIpc) is 2.83. The van der Waals surface area contributed by atoms with Crippen LogP contribution in [-0.4, -0.2) is 44.7 Å². The van der Waals surface area contributed by atoms with Crippen LogP contribution in [0.1, 0.15) is 22.8 Å². The molecule has 3 aromatic rings. The van der Waals surface area contributed by atoms with E-state index in [0.717, 1.165) is 9.87 Å². The van der Waals surface area contributed by atoms with Gasteiger partial charge < -0.3 is 15.0 Å². The standard InChI is InChI=1S/C25H24ClN3O5S/c1-16-25(31)29(15-17-4-8-19(26)9-5-17)22-14-20(10-13-23(22)34-16)27-24(30)18-6-11-21(12-7-18)35(32,33)28(2)3/h4-14,16H,15H2,1-3H3,(H,27,30). The van der Waals surface area contributed by atoms with Crippen LogP contribution < -0.4 is 15.0 Å². The number of carbonyl (C=O) groups excluding carboxylic acids is 2. The second-order valence-corrected chi connectivity index (χ2v) is 10.8. The van der Waals surface area contributed by atoms with Gasteiger partial charge in [0.2, 0.25) is 10.0 Å². The van der Waals surface area contributed by atoms with Gasteiger partial charge in [-0.2, -0.15) is 0 Å². The van der Waals surface area contributed by atoms with Crippen LogP contribution >= 0.6 is 11.6 Å². The number of sulfonamides is 1. The zero-order valence-electron chi connectivity index (χ0n) is 19.4. The number of carbonyl (C=O) groups is 2. The number of ether oxygens (including phenoxy) is 1. The minimum absolute atomic E-state index is 0.0930. The maximum Gasteiger partial charge on any atom is 0.268 e. The topological polar surface area (TPSA) is 96.0 Å². The lowest BCUT2D eigenvalue weighted by atomic mass is 10.1. The Morgan fingerprint density at radius 3 is 2.34 bits per heavy atom. The van der Waals surface area contributed by atoms with Crippen LogP contribution in [0.2, 0.25) is 5.02 Å². The quantitative estimate of drug-likeness (QED) is 0.534. The predicted octanol–water partition coefficient (Wildman–Crippen LogP) is 4.16. The molecule has 0 aromatic heterocycles. The van der Waals surface area contributed by atoms with Gasteiger partial charge in [0.25, 0.3) is 11.8 Å². The first-order valence-electron chi connectivity index (χ1n) is 10.8. The Hall–Kier alpha value is -3.40. The van der Waals surface area contributed by atoms with E-state index < -0.39 is 22.0 Å². The number of nitrogens with one attached hydrogen (secondary N) is 1. The first kappa shape index (κ1) is 24.7. The molecule has 1 aliphatic rings. The van der Waals surface area contributed by atoms with Crippen molar-refractivity contribution in [2.75, 3.05) is 24.3 Å². The summed E-state index contributed by atoms with van der Waals surface area (Å²) in [6, 6.07) is 18.0. The van der Waals surface area contributed by atoms with Crippen LogP contribution in [0.15, 0.2) is 71.6 Å². The summed E-state index contributed by atoms with van der Waals surface area (Å²) in [5.74, 6) is -0.0876. The van der Waals surface area contributed by atoms with Gasteiger partial charge in [0.1, 0.15) is 5.75 Å². The molecule has 1 unspecified atom stereocenters. The predicted molar refractivity (Wildman–Crippen MR) is 134 cm³/mol. The summed E-state index contributed by atoms with van der Waals surface area (Å²) in [5, 5.41) is 3.40. The van der Waals surface area contributed by atoms with E-state index in [9.17, 15) is 18.0 Å². The molecule has 0 spiro atoms. The minimum Gasteiger partial charge on any atom is -0.479 e. The third kappa shape index (κ3) is 5.17. The molecule has 10 heteroatoms. The fraction of sp³-hybridized carbons (Fsp3) is 0.200. The highest BCUT2D eigenvalue weighted by atomic mass is 35.5. The molecule has 0 radical (unpaired) electrons. The number of anilines is 2. The molecule has 0 saturated carbocycles. The van der Waals surface area contributed by atoms with E-state index in [2.05, 4.69) is 5.32 Å². The number of hydrogen-bond donors (Lipinski definition) is 1. The molecule has 0 bridgehead atoms. The maximum absolute atomic E-state index is 12.9. The molecule has 1 N–H and O–H groups in total. The molecule has 0 fully saturated rings. The smallest absolute Gasteiger partial charge is 0.268 e. The normalized spacial score (nSPS) is 15.5. The van der Waals surface area contributed by atoms with Crippen molar-refractivity contribution in [1.29, 1.82) is 0 Å². The van der Waals surface area contributed by atoms with Crippen molar-refractivity contribution in [2.45, 2.75) is 24.5 Å². The highest BCUT2D eigenvalue weighted by molar-refractivity contribution is 7.89. The third-order valence-corrected chi connectivity index (χ3v) is 7.66. The Kier molecular flexibility index (Phi) is 6.84.